The predicted molar refractivity (Wildman–Crippen MR) is 110 cm³/mol. The van der Waals surface area contributed by atoms with Crippen molar-refractivity contribution in [3.63, 3.8) is 0 Å². The number of hydrogen-bond donors (Lipinski definition) is 0. The molecule has 4 aliphatic carbocycles. The lowest BCUT2D eigenvalue weighted by atomic mass is 9.47. The van der Waals surface area contributed by atoms with Crippen LogP contribution in [-0.2, 0) is 14.3 Å². The zero-order valence-electron chi connectivity index (χ0n) is 18.5. The maximum Gasteiger partial charge on any atom is 0.173 e. The van der Waals surface area contributed by atoms with Crippen molar-refractivity contribution >= 4 is 5.78 Å². The summed E-state index contributed by atoms with van der Waals surface area (Å²) < 4.78 is 13.1. The smallest absolute Gasteiger partial charge is 0.173 e. The maximum atomic E-state index is 13.4. The first-order valence-corrected chi connectivity index (χ1v) is 11.6. The van der Waals surface area contributed by atoms with Gasteiger partial charge in [-0.1, -0.05) is 40.2 Å². The second-order valence-electron chi connectivity index (χ2n) is 12.1. The molecule has 1 heterocycles. The number of ether oxygens (including phenoxy) is 2. The molecule has 28 heavy (non-hydrogen) atoms. The Kier molecular flexibility index (Phi) is 4.09. The van der Waals surface area contributed by atoms with Crippen LogP contribution in [-0.4, -0.2) is 24.8 Å². The van der Waals surface area contributed by atoms with Crippen molar-refractivity contribution in [2.75, 3.05) is 13.2 Å². The molecule has 4 fully saturated rings. The van der Waals surface area contributed by atoms with Gasteiger partial charge in [0.2, 0.25) is 0 Å². The van der Waals surface area contributed by atoms with Gasteiger partial charge >= 0.3 is 0 Å². The number of carbonyl (C=O) groups is 1. The third-order valence-electron chi connectivity index (χ3n) is 9.63. The fourth-order valence-electron chi connectivity index (χ4n) is 7.72. The summed E-state index contributed by atoms with van der Waals surface area (Å²) in [5.74, 6) is 1.75. The summed E-state index contributed by atoms with van der Waals surface area (Å²) in [6.45, 7) is 13.1. The summed E-state index contributed by atoms with van der Waals surface area (Å²) in [5, 5.41) is 0. The normalized spacial score (nSPS) is 49.2. The number of hydrogen-bond acceptors (Lipinski definition) is 3. The molecule has 0 amide bonds. The van der Waals surface area contributed by atoms with E-state index in [0.717, 1.165) is 51.2 Å². The van der Waals surface area contributed by atoms with Crippen LogP contribution < -0.4 is 0 Å². The van der Waals surface area contributed by atoms with Gasteiger partial charge in [0, 0.05) is 23.2 Å². The van der Waals surface area contributed by atoms with Crippen molar-refractivity contribution < 1.29 is 14.3 Å². The van der Waals surface area contributed by atoms with E-state index >= 15 is 0 Å². The first-order chi connectivity index (χ1) is 13.1. The second-order valence-corrected chi connectivity index (χ2v) is 12.1. The first-order valence-electron chi connectivity index (χ1n) is 11.6. The summed E-state index contributed by atoms with van der Waals surface area (Å²) >= 11 is 0. The minimum atomic E-state index is -0.468. The average molecular weight is 387 g/mol. The molecule has 1 spiro atoms. The minimum absolute atomic E-state index is 0.0377. The second kappa shape index (κ2) is 5.94. The third-order valence-corrected chi connectivity index (χ3v) is 9.63. The fourth-order valence-corrected chi connectivity index (χ4v) is 7.72. The van der Waals surface area contributed by atoms with Crippen LogP contribution in [0.25, 0.3) is 0 Å². The van der Waals surface area contributed by atoms with Gasteiger partial charge in [0.1, 0.15) is 0 Å². The highest BCUT2D eigenvalue weighted by Gasteiger charge is 2.68. The van der Waals surface area contributed by atoms with Crippen molar-refractivity contribution in [2.45, 2.75) is 85.4 Å². The number of carbonyl (C=O) groups excluding carboxylic acids is 1. The van der Waals surface area contributed by atoms with Crippen molar-refractivity contribution in [3.8, 4) is 0 Å². The molecule has 0 N–H and O–H groups in total. The summed E-state index contributed by atoms with van der Waals surface area (Å²) in [7, 11) is 0. The molecule has 5 rings (SSSR count). The molecule has 1 aliphatic heterocycles. The van der Waals surface area contributed by atoms with E-state index in [1.165, 1.54) is 18.4 Å². The quantitative estimate of drug-likeness (QED) is 0.549. The monoisotopic (exact) mass is 386 g/mol. The van der Waals surface area contributed by atoms with Crippen molar-refractivity contribution in [1.29, 1.82) is 0 Å². The highest BCUT2D eigenvalue weighted by atomic mass is 16.7. The summed E-state index contributed by atoms with van der Waals surface area (Å²) in [6.07, 6.45) is 10.1. The lowest BCUT2D eigenvalue weighted by Crippen LogP contribution is -2.60. The van der Waals surface area contributed by atoms with Gasteiger partial charge in [-0.3, -0.25) is 4.79 Å². The molecule has 1 saturated heterocycles. The lowest BCUT2D eigenvalue weighted by Gasteiger charge is -2.59. The van der Waals surface area contributed by atoms with Crippen LogP contribution >= 0.6 is 0 Å². The van der Waals surface area contributed by atoms with E-state index in [-0.39, 0.29) is 22.2 Å². The average Bonchev–Trinajstić information content (AvgIpc) is 2.92. The number of ketones is 1. The molecule has 0 aromatic rings. The molecule has 0 aromatic carbocycles. The molecule has 3 saturated carbocycles. The molecule has 6 atom stereocenters. The van der Waals surface area contributed by atoms with E-state index in [1.807, 2.05) is 0 Å². The Bertz CT molecular complexity index is 711. The Morgan fingerprint density at radius 1 is 0.929 bits per heavy atom. The molecule has 0 bridgehead atoms. The highest BCUT2D eigenvalue weighted by molar-refractivity contribution is 5.94. The van der Waals surface area contributed by atoms with Crippen molar-refractivity contribution in [3.05, 3.63) is 11.6 Å². The van der Waals surface area contributed by atoms with Crippen LogP contribution in [0.3, 0.4) is 0 Å². The topological polar surface area (TPSA) is 35.5 Å². The number of allylic oxidation sites excluding steroid dienone is 2. The number of fused-ring (bicyclic) bond motifs is 6. The Morgan fingerprint density at radius 3 is 2.32 bits per heavy atom. The van der Waals surface area contributed by atoms with Gasteiger partial charge in [-0.25, -0.2) is 0 Å². The van der Waals surface area contributed by atoms with E-state index in [4.69, 9.17) is 9.47 Å². The fraction of sp³-hybridized carbons (Fsp3) is 0.880. The molecule has 3 nitrogen and oxygen atoms in total. The summed E-state index contributed by atoms with van der Waals surface area (Å²) in [6, 6.07) is 0. The first kappa shape index (κ1) is 19.3. The molecular weight excluding hydrogens is 348 g/mol. The Balaban J connectivity index is 1.49. The van der Waals surface area contributed by atoms with Crippen molar-refractivity contribution in [1.82, 2.24) is 0 Å². The number of rotatable bonds is 0. The van der Waals surface area contributed by atoms with Crippen LogP contribution in [0.1, 0.15) is 79.6 Å². The van der Waals surface area contributed by atoms with Crippen molar-refractivity contribution in [2.24, 2.45) is 39.9 Å². The van der Waals surface area contributed by atoms with E-state index in [9.17, 15) is 4.79 Å². The van der Waals surface area contributed by atoms with E-state index in [1.54, 1.807) is 0 Å². The van der Waals surface area contributed by atoms with Gasteiger partial charge in [-0.2, -0.15) is 0 Å². The van der Waals surface area contributed by atoms with Crippen LogP contribution in [0.5, 0.6) is 0 Å². The standard InChI is InChI=1S/C25H38O3/c1-16-6-9-23(4)17(12-16)13-20(26)21-18(23)7-10-24(5)19(21)8-11-25(24)27-14-22(2,3)15-28-25/h13,16,18-19,21H,6-12,14-15H2,1-5H3/t16-,18-,19-,21+,23-,24-/m0/s1. The van der Waals surface area contributed by atoms with Gasteiger partial charge in [0.15, 0.2) is 11.6 Å². The lowest BCUT2D eigenvalue weighted by molar-refractivity contribution is -0.346. The zero-order chi connectivity index (χ0) is 19.9. The summed E-state index contributed by atoms with van der Waals surface area (Å²) in [5.41, 5.74) is 1.74. The molecule has 3 heteroatoms. The molecule has 0 aromatic heterocycles. The van der Waals surface area contributed by atoms with E-state index in [2.05, 4.69) is 40.7 Å². The van der Waals surface area contributed by atoms with Crippen LogP contribution in [0.4, 0.5) is 0 Å². The summed E-state index contributed by atoms with van der Waals surface area (Å²) in [4.78, 5) is 13.4. The molecular formula is C25H38O3. The van der Waals surface area contributed by atoms with Gasteiger partial charge in [0.05, 0.1) is 13.2 Å². The van der Waals surface area contributed by atoms with Gasteiger partial charge in [-0.15, -0.1) is 0 Å². The van der Waals surface area contributed by atoms with Crippen LogP contribution in [0.2, 0.25) is 0 Å². The SMILES string of the molecule is C[C@H]1CC[C@@]2(C)C(=CC(=O)[C@@H]3[C@@H]2CC[C@@]2(C)[C@H]3CCC23OCC(C)(C)CO3)C1. The molecule has 0 radical (unpaired) electrons. The zero-order valence-corrected chi connectivity index (χ0v) is 18.5. The third kappa shape index (κ3) is 2.44. The molecule has 156 valence electrons. The molecule has 0 unspecified atom stereocenters. The Hall–Kier alpha value is -0.670. The van der Waals surface area contributed by atoms with Gasteiger partial charge in [-0.05, 0) is 67.8 Å². The van der Waals surface area contributed by atoms with E-state index < -0.39 is 5.79 Å². The van der Waals surface area contributed by atoms with E-state index in [0.29, 0.717) is 17.6 Å². The Labute approximate surface area is 170 Å². The van der Waals surface area contributed by atoms with Gasteiger partial charge < -0.3 is 9.47 Å². The minimum Gasteiger partial charge on any atom is -0.349 e. The Morgan fingerprint density at radius 2 is 1.61 bits per heavy atom. The van der Waals surface area contributed by atoms with Gasteiger partial charge in [0.25, 0.3) is 0 Å². The molecule has 5 aliphatic rings. The van der Waals surface area contributed by atoms with Crippen LogP contribution in [0, 0.1) is 39.9 Å². The predicted octanol–water partition coefficient (Wildman–Crippen LogP) is 5.53. The largest absolute Gasteiger partial charge is 0.349 e. The van der Waals surface area contributed by atoms with Crippen LogP contribution in [0.15, 0.2) is 11.6 Å². The maximum absolute atomic E-state index is 13.4. The highest BCUT2D eigenvalue weighted by Crippen LogP contribution is 2.68.